The average molecular weight is 242 g/mol. The Morgan fingerprint density at radius 2 is 2.44 bits per heavy atom. The number of nitrogens with zero attached hydrogens (tertiary/aromatic N) is 2. The van der Waals surface area contributed by atoms with Crippen molar-refractivity contribution in [2.75, 3.05) is 18.4 Å². The van der Waals surface area contributed by atoms with E-state index in [0.717, 1.165) is 0 Å². The molecule has 2 heterocycles. The number of nitrogens with one attached hydrogen (secondary N) is 1. The van der Waals surface area contributed by atoms with Crippen molar-refractivity contribution in [1.29, 1.82) is 0 Å². The van der Waals surface area contributed by atoms with Gasteiger partial charge in [-0.2, -0.15) is 0 Å². The number of β-amino-alcohol motifs (C(OH)–C–C–N with tert-alkyl or cyclic N) is 1. The highest BCUT2D eigenvalue weighted by Crippen LogP contribution is 2.13. The molecular formula is C10H12ClN3O2. The molecule has 2 rings (SSSR count). The molecule has 86 valence electrons. The first kappa shape index (κ1) is 11.2. The molecule has 1 aromatic heterocycles. The van der Waals surface area contributed by atoms with Crippen LogP contribution >= 0.6 is 11.6 Å². The van der Waals surface area contributed by atoms with Gasteiger partial charge < -0.3 is 10.0 Å². The molecule has 5 nitrogen and oxygen atoms in total. The zero-order valence-electron chi connectivity index (χ0n) is 8.56. The third-order valence-electron chi connectivity index (χ3n) is 2.41. The molecule has 1 fully saturated rings. The third-order valence-corrected chi connectivity index (χ3v) is 2.64. The lowest BCUT2D eigenvalue weighted by molar-refractivity contribution is 0.176. The number of aromatic nitrogens is 1. The maximum absolute atomic E-state index is 11.7. The number of halogens is 1. The van der Waals surface area contributed by atoms with Gasteiger partial charge in [0.15, 0.2) is 0 Å². The van der Waals surface area contributed by atoms with E-state index in [1.165, 1.54) is 6.20 Å². The van der Waals surface area contributed by atoms with Crippen LogP contribution in [0.5, 0.6) is 0 Å². The molecule has 16 heavy (non-hydrogen) atoms. The van der Waals surface area contributed by atoms with Gasteiger partial charge in [0.1, 0.15) is 5.82 Å². The van der Waals surface area contributed by atoms with Crippen molar-refractivity contribution in [3.8, 4) is 0 Å². The molecule has 1 aliphatic heterocycles. The number of carbonyl (C=O) groups excluding carboxylic acids is 1. The van der Waals surface area contributed by atoms with Gasteiger partial charge in [-0.3, -0.25) is 5.32 Å². The molecule has 0 saturated carbocycles. The minimum absolute atomic E-state index is 0.244. The normalized spacial score (nSPS) is 19.9. The number of aliphatic hydroxyl groups excluding tert-OH is 1. The number of amides is 2. The summed E-state index contributed by atoms with van der Waals surface area (Å²) in [4.78, 5) is 17.2. The molecule has 1 atom stereocenters. The van der Waals surface area contributed by atoms with Crippen LogP contribution in [0.15, 0.2) is 18.3 Å². The molecule has 2 amide bonds. The van der Waals surface area contributed by atoms with Gasteiger partial charge in [-0.1, -0.05) is 11.6 Å². The van der Waals surface area contributed by atoms with Gasteiger partial charge >= 0.3 is 6.03 Å². The summed E-state index contributed by atoms with van der Waals surface area (Å²) in [5, 5.41) is 12.5. The van der Waals surface area contributed by atoms with Crippen molar-refractivity contribution in [1.82, 2.24) is 9.88 Å². The molecule has 6 heteroatoms. The van der Waals surface area contributed by atoms with E-state index in [1.807, 2.05) is 0 Å². The Morgan fingerprint density at radius 3 is 3.00 bits per heavy atom. The molecule has 1 aliphatic rings. The quantitative estimate of drug-likeness (QED) is 0.780. The molecule has 1 saturated heterocycles. The minimum Gasteiger partial charge on any atom is -0.391 e. The van der Waals surface area contributed by atoms with Crippen molar-refractivity contribution in [2.45, 2.75) is 12.5 Å². The lowest BCUT2D eigenvalue weighted by Gasteiger charge is -2.15. The Balaban J connectivity index is 1.94. The maximum Gasteiger partial charge on any atom is 0.323 e. The van der Waals surface area contributed by atoms with E-state index < -0.39 is 6.10 Å². The zero-order chi connectivity index (χ0) is 11.5. The van der Waals surface area contributed by atoms with Gasteiger partial charge in [-0.15, -0.1) is 0 Å². The summed E-state index contributed by atoms with van der Waals surface area (Å²) in [6.45, 7) is 0.944. The second-order valence-electron chi connectivity index (χ2n) is 3.68. The average Bonchev–Trinajstić information content (AvgIpc) is 2.68. The van der Waals surface area contributed by atoms with Crippen LogP contribution in [-0.2, 0) is 0 Å². The Bertz CT molecular complexity index is 382. The number of hydrogen-bond donors (Lipinski definition) is 2. The van der Waals surface area contributed by atoms with Gasteiger partial charge in [-0.05, 0) is 18.6 Å². The second kappa shape index (κ2) is 4.67. The smallest absolute Gasteiger partial charge is 0.323 e. The van der Waals surface area contributed by atoms with E-state index in [4.69, 9.17) is 11.6 Å². The highest BCUT2D eigenvalue weighted by atomic mass is 35.5. The third kappa shape index (κ3) is 2.62. The zero-order valence-corrected chi connectivity index (χ0v) is 9.31. The molecule has 2 N–H and O–H groups in total. The molecular weight excluding hydrogens is 230 g/mol. The summed E-state index contributed by atoms with van der Waals surface area (Å²) in [7, 11) is 0. The standard InChI is InChI=1S/C10H12ClN3O2/c11-7-1-2-9(12-5-7)13-10(16)14-4-3-8(15)6-14/h1-2,5,8,15H,3-4,6H2,(H,12,13,16)/t8-/m0/s1. The minimum atomic E-state index is -0.413. The van der Waals surface area contributed by atoms with E-state index in [1.54, 1.807) is 17.0 Å². The van der Waals surface area contributed by atoms with Gasteiger partial charge in [0.25, 0.3) is 0 Å². The fourth-order valence-corrected chi connectivity index (χ4v) is 1.68. The van der Waals surface area contributed by atoms with E-state index in [2.05, 4.69) is 10.3 Å². The number of urea groups is 1. The summed E-state index contributed by atoms with van der Waals surface area (Å²) in [5.74, 6) is 0.454. The van der Waals surface area contributed by atoms with Crippen LogP contribution in [0.1, 0.15) is 6.42 Å². The fourth-order valence-electron chi connectivity index (χ4n) is 1.56. The number of likely N-dealkylation sites (tertiary alicyclic amines) is 1. The second-order valence-corrected chi connectivity index (χ2v) is 4.12. The summed E-state index contributed by atoms with van der Waals surface area (Å²) >= 11 is 5.68. The van der Waals surface area contributed by atoms with Crippen molar-refractivity contribution < 1.29 is 9.90 Å². The first-order valence-corrected chi connectivity index (χ1v) is 5.38. The molecule has 0 radical (unpaired) electrons. The Hall–Kier alpha value is -1.33. The summed E-state index contributed by atoms with van der Waals surface area (Å²) in [5.41, 5.74) is 0. The van der Waals surface area contributed by atoms with Crippen LogP contribution in [0.3, 0.4) is 0 Å². The predicted octanol–water partition coefficient (Wildman–Crippen LogP) is 1.33. The van der Waals surface area contributed by atoms with Crippen LogP contribution in [0.25, 0.3) is 0 Å². The molecule has 1 aromatic rings. The molecule has 0 bridgehead atoms. The number of rotatable bonds is 1. The molecule has 0 spiro atoms. The predicted molar refractivity (Wildman–Crippen MR) is 60.5 cm³/mol. The van der Waals surface area contributed by atoms with Crippen LogP contribution < -0.4 is 5.32 Å². The number of pyridine rings is 1. The van der Waals surface area contributed by atoms with Gasteiger partial charge in [0.2, 0.25) is 0 Å². The van der Waals surface area contributed by atoms with E-state index in [9.17, 15) is 9.90 Å². The highest BCUT2D eigenvalue weighted by Gasteiger charge is 2.24. The molecule has 0 unspecified atom stereocenters. The first-order valence-electron chi connectivity index (χ1n) is 5.01. The molecule has 0 aromatic carbocycles. The van der Waals surface area contributed by atoms with Crippen molar-refractivity contribution in [2.24, 2.45) is 0 Å². The largest absolute Gasteiger partial charge is 0.391 e. The summed E-state index contributed by atoms with van der Waals surface area (Å²) in [6.07, 6.45) is 1.68. The monoisotopic (exact) mass is 241 g/mol. The van der Waals surface area contributed by atoms with Gasteiger partial charge in [0, 0.05) is 19.3 Å². The summed E-state index contributed by atoms with van der Waals surface area (Å²) < 4.78 is 0. The number of anilines is 1. The van der Waals surface area contributed by atoms with Crippen LogP contribution in [0.4, 0.5) is 10.6 Å². The lowest BCUT2D eigenvalue weighted by atomic mass is 10.3. The van der Waals surface area contributed by atoms with Gasteiger partial charge in [-0.25, -0.2) is 9.78 Å². The highest BCUT2D eigenvalue weighted by molar-refractivity contribution is 6.30. The maximum atomic E-state index is 11.7. The number of aliphatic hydroxyl groups is 1. The van der Waals surface area contributed by atoms with Crippen molar-refractivity contribution >= 4 is 23.4 Å². The Morgan fingerprint density at radius 1 is 1.62 bits per heavy atom. The van der Waals surface area contributed by atoms with Crippen molar-refractivity contribution in [3.63, 3.8) is 0 Å². The summed E-state index contributed by atoms with van der Waals surface area (Å²) in [6, 6.07) is 3.04. The number of carbonyl (C=O) groups is 1. The van der Waals surface area contributed by atoms with Crippen LogP contribution in [0, 0.1) is 0 Å². The van der Waals surface area contributed by atoms with Crippen LogP contribution in [0.2, 0.25) is 5.02 Å². The van der Waals surface area contributed by atoms with Gasteiger partial charge in [0.05, 0.1) is 11.1 Å². The van der Waals surface area contributed by atoms with E-state index >= 15 is 0 Å². The SMILES string of the molecule is O=C(Nc1ccc(Cl)cn1)N1CC[C@H](O)C1. The van der Waals surface area contributed by atoms with Crippen LogP contribution in [-0.4, -0.2) is 40.2 Å². The fraction of sp³-hybridized carbons (Fsp3) is 0.400. The lowest BCUT2D eigenvalue weighted by Crippen LogP contribution is -2.33. The number of hydrogen-bond acceptors (Lipinski definition) is 3. The van der Waals surface area contributed by atoms with E-state index in [0.29, 0.717) is 30.4 Å². The first-order chi connectivity index (χ1) is 7.65. The van der Waals surface area contributed by atoms with Crippen molar-refractivity contribution in [3.05, 3.63) is 23.4 Å². The van der Waals surface area contributed by atoms with E-state index in [-0.39, 0.29) is 6.03 Å². The Labute approximate surface area is 98.0 Å². The topological polar surface area (TPSA) is 65.5 Å². The molecule has 0 aliphatic carbocycles. The Kier molecular flexibility index (Phi) is 3.26.